The van der Waals surface area contributed by atoms with Gasteiger partial charge in [-0.3, -0.25) is 15.1 Å². The van der Waals surface area contributed by atoms with Crippen LogP contribution in [0.5, 0.6) is 0 Å². The van der Waals surface area contributed by atoms with E-state index in [1.165, 1.54) is 0 Å². The van der Waals surface area contributed by atoms with Crippen LogP contribution in [0.2, 0.25) is 0 Å². The lowest BCUT2D eigenvalue weighted by atomic mass is 10.0. The normalized spacial score (nSPS) is 16.0. The van der Waals surface area contributed by atoms with Crippen LogP contribution in [-0.4, -0.2) is 23.9 Å². The number of rotatable bonds is 4. The van der Waals surface area contributed by atoms with E-state index in [9.17, 15) is 9.59 Å². The van der Waals surface area contributed by atoms with Crippen molar-refractivity contribution in [2.75, 3.05) is 5.32 Å². The Morgan fingerprint density at radius 3 is 2.69 bits per heavy atom. The Bertz CT molecular complexity index is 847. The van der Waals surface area contributed by atoms with Crippen LogP contribution in [-0.2, 0) is 16.1 Å². The number of para-hydroxylation sites is 1. The van der Waals surface area contributed by atoms with Gasteiger partial charge in [-0.15, -0.1) is 0 Å². The predicted molar refractivity (Wildman–Crippen MR) is 100 cm³/mol. The first-order valence-electron chi connectivity index (χ1n) is 8.53. The van der Waals surface area contributed by atoms with Crippen molar-refractivity contribution in [1.82, 2.24) is 5.32 Å². The third-order valence-electron chi connectivity index (χ3n) is 4.17. The minimum Gasteiger partial charge on any atom is -0.445 e. The van der Waals surface area contributed by atoms with Gasteiger partial charge < -0.3 is 10.1 Å². The highest BCUT2D eigenvalue weighted by atomic mass is 16.5. The largest absolute Gasteiger partial charge is 0.445 e. The summed E-state index contributed by atoms with van der Waals surface area (Å²) in [6, 6.07) is 15.1. The molecular weight excluding hydrogens is 330 g/mol. The summed E-state index contributed by atoms with van der Waals surface area (Å²) in [4.78, 5) is 29.1. The van der Waals surface area contributed by atoms with Crippen molar-refractivity contribution in [3.05, 3.63) is 65.2 Å². The molecule has 2 aromatic rings. The number of carbonyl (C=O) groups is 2. The summed E-state index contributed by atoms with van der Waals surface area (Å²) in [6.07, 6.45) is -1.07. The minimum atomic E-state index is -1.03. The fraction of sp³-hybridized carbons (Fsp3) is 0.250. The smallest absolute Gasteiger partial charge is 0.409 e. The van der Waals surface area contributed by atoms with Gasteiger partial charge in [0.1, 0.15) is 6.61 Å². The van der Waals surface area contributed by atoms with Crippen molar-refractivity contribution < 1.29 is 14.3 Å². The third-order valence-corrected chi connectivity index (χ3v) is 4.17. The Labute approximate surface area is 152 Å². The average Bonchev–Trinajstić information content (AvgIpc) is 2.79. The van der Waals surface area contributed by atoms with Crippen LogP contribution in [0.15, 0.2) is 53.5 Å². The first kappa shape index (κ1) is 17.7. The van der Waals surface area contributed by atoms with Gasteiger partial charge in [-0.1, -0.05) is 55.5 Å². The number of benzodiazepines with no additional fused rings is 1. The molecule has 134 valence electrons. The quantitative estimate of drug-likeness (QED) is 0.886. The molecule has 2 amide bonds. The van der Waals surface area contributed by atoms with Crippen LogP contribution in [0.1, 0.15) is 30.0 Å². The standard InChI is InChI=1S/C20H21N3O3/c1-3-16-15-11-7-8-13(2)17(15)22-19(24)18(21-16)23-20(25)26-12-14-9-5-4-6-10-14/h4-11,18H,3,12H2,1-2H3,(H,22,24)(H,23,25)/t18-/m1/s1. The van der Waals surface area contributed by atoms with Crippen molar-refractivity contribution in [1.29, 1.82) is 0 Å². The van der Waals surface area contributed by atoms with Gasteiger partial charge in [0.05, 0.1) is 5.69 Å². The highest BCUT2D eigenvalue weighted by molar-refractivity contribution is 6.12. The second-order valence-electron chi connectivity index (χ2n) is 6.02. The van der Waals surface area contributed by atoms with E-state index < -0.39 is 12.3 Å². The highest BCUT2D eigenvalue weighted by Crippen LogP contribution is 2.25. The molecule has 3 rings (SSSR count). The number of ether oxygens (including phenoxy) is 1. The molecule has 1 heterocycles. The zero-order chi connectivity index (χ0) is 18.5. The lowest BCUT2D eigenvalue weighted by Crippen LogP contribution is -2.42. The molecule has 0 bridgehead atoms. The first-order chi connectivity index (χ1) is 12.6. The molecule has 6 heteroatoms. The van der Waals surface area contributed by atoms with Gasteiger partial charge in [0.2, 0.25) is 6.17 Å². The van der Waals surface area contributed by atoms with Crippen molar-refractivity contribution in [3.63, 3.8) is 0 Å². The van der Waals surface area contributed by atoms with E-state index >= 15 is 0 Å². The number of aliphatic imine (C=N–C) groups is 1. The maximum atomic E-state index is 12.5. The van der Waals surface area contributed by atoms with Gasteiger partial charge >= 0.3 is 6.09 Å². The van der Waals surface area contributed by atoms with Crippen LogP contribution in [0.3, 0.4) is 0 Å². The summed E-state index contributed by atoms with van der Waals surface area (Å²) >= 11 is 0. The Hall–Kier alpha value is -3.15. The second kappa shape index (κ2) is 7.82. The molecule has 0 radical (unpaired) electrons. The summed E-state index contributed by atoms with van der Waals surface area (Å²) in [5, 5.41) is 5.40. The summed E-state index contributed by atoms with van der Waals surface area (Å²) < 4.78 is 5.19. The topological polar surface area (TPSA) is 79.8 Å². The van der Waals surface area contributed by atoms with Crippen LogP contribution in [0.25, 0.3) is 0 Å². The molecule has 6 nitrogen and oxygen atoms in total. The zero-order valence-electron chi connectivity index (χ0n) is 14.8. The number of hydrogen-bond donors (Lipinski definition) is 2. The monoisotopic (exact) mass is 351 g/mol. The third kappa shape index (κ3) is 3.91. The maximum Gasteiger partial charge on any atom is 0.409 e. The highest BCUT2D eigenvalue weighted by Gasteiger charge is 2.27. The molecule has 0 aliphatic carbocycles. The Morgan fingerprint density at radius 2 is 1.96 bits per heavy atom. The van der Waals surface area contributed by atoms with Crippen LogP contribution in [0.4, 0.5) is 10.5 Å². The van der Waals surface area contributed by atoms with Gasteiger partial charge in [0, 0.05) is 11.3 Å². The number of anilines is 1. The fourth-order valence-electron chi connectivity index (χ4n) is 2.81. The number of fused-ring (bicyclic) bond motifs is 1. The Balaban J connectivity index is 1.73. The molecule has 0 saturated heterocycles. The summed E-state index contributed by atoms with van der Waals surface area (Å²) in [5.74, 6) is -0.388. The van der Waals surface area contributed by atoms with Crippen LogP contribution >= 0.6 is 0 Å². The fourth-order valence-corrected chi connectivity index (χ4v) is 2.81. The van der Waals surface area contributed by atoms with E-state index in [0.29, 0.717) is 6.42 Å². The SMILES string of the molecule is CCC1=N[C@H](NC(=O)OCc2ccccc2)C(=O)Nc2c(C)cccc21. The molecule has 2 N–H and O–H groups in total. The van der Waals surface area contributed by atoms with E-state index in [2.05, 4.69) is 15.6 Å². The molecule has 0 spiro atoms. The van der Waals surface area contributed by atoms with E-state index in [4.69, 9.17) is 4.74 Å². The van der Waals surface area contributed by atoms with E-state index in [-0.39, 0.29) is 12.5 Å². The summed E-state index contributed by atoms with van der Waals surface area (Å²) in [6.45, 7) is 4.02. The van der Waals surface area contributed by atoms with Crippen molar-refractivity contribution >= 4 is 23.4 Å². The van der Waals surface area contributed by atoms with Crippen LogP contribution in [0, 0.1) is 6.92 Å². The lowest BCUT2D eigenvalue weighted by Gasteiger charge is -2.14. The summed E-state index contributed by atoms with van der Waals surface area (Å²) in [7, 11) is 0. The van der Waals surface area contributed by atoms with Gasteiger partial charge in [0.25, 0.3) is 5.91 Å². The van der Waals surface area contributed by atoms with Gasteiger partial charge in [-0.2, -0.15) is 0 Å². The maximum absolute atomic E-state index is 12.5. The molecule has 1 aliphatic heterocycles. The van der Waals surface area contributed by atoms with Gasteiger partial charge in [0.15, 0.2) is 0 Å². The van der Waals surface area contributed by atoms with Crippen molar-refractivity contribution in [2.45, 2.75) is 33.0 Å². The lowest BCUT2D eigenvalue weighted by molar-refractivity contribution is -0.117. The van der Waals surface area contributed by atoms with E-state index in [1.54, 1.807) is 0 Å². The summed E-state index contributed by atoms with van der Waals surface area (Å²) in [5.41, 5.74) is 4.19. The van der Waals surface area contributed by atoms with E-state index in [0.717, 1.165) is 28.1 Å². The van der Waals surface area contributed by atoms with Gasteiger partial charge in [-0.25, -0.2) is 4.79 Å². The molecule has 1 atom stereocenters. The number of amides is 2. The molecule has 0 saturated carbocycles. The van der Waals surface area contributed by atoms with Gasteiger partial charge in [-0.05, 0) is 24.5 Å². The number of nitrogens with zero attached hydrogens (tertiary/aromatic N) is 1. The Morgan fingerprint density at radius 1 is 1.19 bits per heavy atom. The zero-order valence-corrected chi connectivity index (χ0v) is 14.8. The molecule has 2 aromatic carbocycles. The number of alkyl carbamates (subject to hydrolysis) is 1. The number of nitrogens with one attached hydrogen (secondary N) is 2. The molecule has 0 fully saturated rings. The molecular formula is C20H21N3O3. The Kier molecular flexibility index (Phi) is 5.31. The number of aryl methyl sites for hydroxylation is 1. The number of carbonyl (C=O) groups excluding carboxylic acids is 2. The molecule has 0 aromatic heterocycles. The van der Waals surface area contributed by atoms with Crippen molar-refractivity contribution in [3.8, 4) is 0 Å². The van der Waals surface area contributed by atoms with Crippen molar-refractivity contribution in [2.24, 2.45) is 4.99 Å². The second-order valence-corrected chi connectivity index (χ2v) is 6.02. The molecule has 1 aliphatic rings. The number of benzene rings is 2. The first-order valence-corrected chi connectivity index (χ1v) is 8.53. The van der Waals surface area contributed by atoms with Crippen LogP contribution < -0.4 is 10.6 Å². The number of hydrogen-bond acceptors (Lipinski definition) is 4. The predicted octanol–water partition coefficient (Wildman–Crippen LogP) is 3.40. The average molecular weight is 351 g/mol. The molecule has 26 heavy (non-hydrogen) atoms. The minimum absolute atomic E-state index is 0.130. The molecule has 0 unspecified atom stereocenters. The van der Waals surface area contributed by atoms with E-state index in [1.807, 2.05) is 62.4 Å².